The van der Waals surface area contributed by atoms with Crippen molar-refractivity contribution in [3.05, 3.63) is 82.7 Å². The number of hydrogen-bond donors (Lipinski definition) is 2. The van der Waals surface area contributed by atoms with E-state index in [2.05, 4.69) is 23.5 Å². The second-order valence-corrected chi connectivity index (χ2v) is 9.17. The van der Waals surface area contributed by atoms with E-state index in [0.717, 1.165) is 33.1 Å². The smallest absolute Gasteiger partial charge is 0.225 e. The van der Waals surface area contributed by atoms with Crippen molar-refractivity contribution in [1.29, 1.82) is 0 Å². The summed E-state index contributed by atoms with van der Waals surface area (Å²) >= 11 is 1.52. The van der Waals surface area contributed by atoms with Crippen LogP contribution >= 0.6 is 11.3 Å². The van der Waals surface area contributed by atoms with Gasteiger partial charge in [-0.25, -0.2) is 0 Å². The number of methoxy groups -OCH3 is 1. The first-order valence-electron chi connectivity index (χ1n) is 11.3. The number of thiophene rings is 1. The van der Waals surface area contributed by atoms with Gasteiger partial charge in [0.25, 0.3) is 0 Å². The lowest BCUT2D eigenvalue weighted by molar-refractivity contribution is -0.132. The molecule has 0 spiro atoms. The van der Waals surface area contributed by atoms with Gasteiger partial charge in [-0.05, 0) is 49.1 Å². The Labute approximate surface area is 205 Å². The van der Waals surface area contributed by atoms with E-state index in [1.165, 1.54) is 16.9 Å². The summed E-state index contributed by atoms with van der Waals surface area (Å²) in [5, 5.41) is 3.80. The van der Waals surface area contributed by atoms with Crippen LogP contribution in [0, 0.1) is 0 Å². The summed E-state index contributed by atoms with van der Waals surface area (Å²) in [5.41, 5.74) is 9.88. The van der Waals surface area contributed by atoms with Crippen LogP contribution in [0.4, 0.5) is 5.00 Å². The number of anilines is 1. The summed E-state index contributed by atoms with van der Waals surface area (Å²) < 4.78 is 5.15. The topological polar surface area (TPSA) is 97.6 Å². The van der Waals surface area contributed by atoms with Crippen LogP contribution in [0.2, 0.25) is 0 Å². The Morgan fingerprint density at radius 3 is 2.82 bits per heavy atom. The van der Waals surface area contributed by atoms with Crippen molar-refractivity contribution >= 4 is 28.2 Å². The van der Waals surface area contributed by atoms with Gasteiger partial charge in [0, 0.05) is 48.3 Å². The van der Waals surface area contributed by atoms with Crippen molar-refractivity contribution in [3.63, 3.8) is 0 Å². The average Bonchev–Trinajstić information content (AvgIpc) is 3.21. The van der Waals surface area contributed by atoms with Crippen LogP contribution < -0.4 is 11.1 Å². The Balaban J connectivity index is 1.58. The predicted molar refractivity (Wildman–Crippen MR) is 136 cm³/mol. The molecule has 3 N–H and O–H groups in total. The molecule has 1 aliphatic rings. The first kappa shape index (κ1) is 25.4. The lowest BCUT2D eigenvalue weighted by Crippen LogP contribution is -2.35. The molecule has 0 radical (unpaired) electrons. The van der Waals surface area contributed by atoms with Crippen LogP contribution in [0.3, 0.4) is 0 Å². The number of fused-ring (bicyclic) bond motifs is 1. The lowest BCUT2D eigenvalue weighted by atomic mass is 10.0. The Morgan fingerprint density at radius 1 is 1.32 bits per heavy atom. The van der Waals surface area contributed by atoms with Crippen molar-refractivity contribution in [2.75, 3.05) is 19.0 Å². The van der Waals surface area contributed by atoms with Crippen molar-refractivity contribution in [2.45, 2.75) is 45.2 Å². The molecule has 0 saturated heterocycles. The number of allylic oxidation sites excluding steroid dienone is 3. The third kappa shape index (κ3) is 6.65. The molecule has 0 fully saturated rings. The summed E-state index contributed by atoms with van der Waals surface area (Å²) in [6.45, 7) is 9.20. The van der Waals surface area contributed by atoms with Crippen molar-refractivity contribution in [3.8, 4) is 0 Å². The van der Waals surface area contributed by atoms with Crippen LogP contribution in [-0.4, -0.2) is 35.4 Å². The lowest BCUT2D eigenvalue weighted by Gasteiger charge is -2.27. The normalized spacial score (nSPS) is 13.2. The van der Waals surface area contributed by atoms with Gasteiger partial charge in [0.15, 0.2) is 0 Å². The molecule has 0 unspecified atom stereocenters. The maximum Gasteiger partial charge on any atom is 0.225 e. The summed E-state index contributed by atoms with van der Waals surface area (Å²) in [6, 6.07) is 5.73. The van der Waals surface area contributed by atoms with Gasteiger partial charge in [-0.2, -0.15) is 0 Å². The van der Waals surface area contributed by atoms with E-state index < -0.39 is 0 Å². The number of nitrogens with one attached hydrogen (secondary N) is 1. The molecule has 0 aromatic carbocycles. The molecule has 7 nitrogen and oxygen atoms in total. The van der Waals surface area contributed by atoms with Gasteiger partial charge in [0.05, 0.1) is 18.7 Å². The third-order valence-electron chi connectivity index (χ3n) is 5.75. The minimum Gasteiger partial charge on any atom is -0.497 e. The van der Waals surface area contributed by atoms with Gasteiger partial charge in [-0.3, -0.25) is 14.6 Å². The molecule has 2 aromatic rings. The molecule has 0 bridgehead atoms. The SMILES string of the molecule is C=C/C(=C\C(=C)CCC(=O)Nc1sc2c(c1CN)CCN(C(=O)CCc1ccccn1)C2)OC. The Kier molecular flexibility index (Phi) is 9.18. The van der Waals surface area contributed by atoms with E-state index in [1.54, 1.807) is 25.5 Å². The number of carbonyl (C=O) groups excluding carboxylic acids is 2. The minimum atomic E-state index is -0.0938. The maximum absolute atomic E-state index is 12.8. The molecule has 2 aromatic heterocycles. The molecule has 1 aliphatic heterocycles. The van der Waals surface area contributed by atoms with E-state index in [0.29, 0.717) is 51.1 Å². The van der Waals surface area contributed by atoms with Gasteiger partial charge in [0.1, 0.15) is 5.76 Å². The zero-order valence-corrected chi connectivity index (χ0v) is 20.5. The van der Waals surface area contributed by atoms with Crippen LogP contribution in [0.25, 0.3) is 0 Å². The number of nitrogens with two attached hydrogens (primary N) is 1. The van der Waals surface area contributed by atoms with Crippen molar-refractivity contribution < 1.29 is 14.3 Å². The highest BCUT2D eigenvalue weighted by atomic mass is 32.1. The Morgan fingerprint density at radius 2 is 2.15 bits per heavy atom. The number of rotatable bonds is 11. The van der Waals surface area contributed by atoms with Crippen molar-refractivity contribution in [2.24, 2.45) is 5.73 Å². The number of aryl methyl sites for hydroxylation is 1. The average molecular weight is 481 g/mol. The summed E-state index contributed by atoms with van der Waals surface area (Å²) in [5.74, 6) is 0.635. The monoisotopic (exact) mass is 480 g/mol. The summed E-state index contributed by atoms with van der Waals surface area (Å²) in [7, 11) is 1.57. The van der Waals surface area contributed by atoms with E-state index in [1.807, 2.05) is 23.1 Å². The van der Waals surface area contributed by atoms with Gasteiger partial charge in [-0.1, -0.05) is 24.8 Å². The van der Waals surface area contributed by atoms with Gasteiger partial charge >= 0.3 is 0 Å². The number of nitrogens with zero attached hydrogens (tertiary/aromatic N) is 2. The standard InChI is InChI=1S/C26H32N4O3S/c1-4-20(33-3)15-18(2)8-10-24(31)29-26-22(16-27)21-12-14-30(17-23(21)34-26)25(32)11-9-19-7-5-6-13-28-19/h4-7,13,15H,1-2,8-12,14,16-17,27H2,3H3,(H,29,31)/b20-15+. The number of aromatic nitrogens is 1. The van der Waals surface area contributed by atoms with E-state index in [9.17, 15) is 9.59 Å². The highest BCUT2D eigenvalue weighted by Gasteiger charge is 2.26. The fourth-order valence-corrected chi connectivity index (χ4v) is 5.19. The molecule has 0 atom stereocenters. The fourth-order valence-electron chi connectivity index (χ4n) is 3.88. The molecule has 3 rings (SSSR count). The van der Waals surface area contributed by atoms with Crippen molar-refractivity contribution in [1.82, 2.24) is 9.88 Å². The van der Waals surface area contributed by atoms with Gasteiger partial charge in [0.2, 0.25) is 11.8 Å². The van der Waals surface area contributed by atoms with Crippen LogP contribution in [-0.2, 0) is 40.3 Å². The summed E-state index contributed by atoms with van der Waals surface area (Å²) in [6.07, 6.45) is 7.72. The minimum absolute atomic E-state index is 0.0938. The third-order valence-corrected chi connectivity index (χ3v) is 6.93. The number of ether oxygens (including phenoxy) is 1. The highest BCUT2D eigenvalue weighted by Crippen LogP contribution is 2.37. The maximum atomic E-state index is 12.8. The van der Waals surface area contributed by atoms with Crippen LogP contribution in [0.15, 0.2) is 61.0 Å². The molecule has 34 heavy (non-hydrogen) atoms. The molecule has 180 valence electrons. The van der Waals surface area contributed by atoms with Gasteiger partial charge in [-0.15, -0.1) is 11.3 Å². The number of amides is 2. The molecule has 3 heterocycles. The highest BCUT2D eigenvalue weighted by molar-refractivity contribution is 7.16. The fraction of sp³-hybridized carbons (Fsp3) is 0.346. The largest absolute Gasteiger partial charge is 0.497 e. The summed E-state index contributed by atoms with van der Waals surface area (Å²) in [4.78, 5) is 32.6. The van der Waals surface area contributed by atoms with Crippen LogP contribution in [0.1, 0.15) is 41.0 Å². The van der Waals surface area contributed by atoms with Gasteiger partial charge < -0.3 is 20.7 Å². The second kappa shape index (κ2) is 12.3. The molecule has 0 saturated carbocycles. The van der Waals surface area contributed by atoms with Crippen LogP contribution in [0.5, 0.6) is 0 Å². The van der Waals surface area contributed by atoms with E-state index >= 15 is 0 Å². The quantitative estimate of drug-likeness (QED) is 0.373. The molecular weight excluding hydrogens is 448 g/mol. The van der Waals surface area contributed by atoms with E-state index in [4.69, 9.17) is 10.5 Å². The number of carbonyl (C=O) groups is 2. The number of pyridine rings is 1. The first-order chi connectivity index (χ1) is 16.4. The number of hydrogen-bond acceptors (Lipinski definition) is 6. The van der Waals surface area contributed by atoms with E-state index in [-0.39, 0.29) is 11.8 Å². The Hall–Kier alpha value is -3.23. The first-order valence-corrected chi connectivity index (χ1v) is 12.1. The Bertz CT molecular complexity index is 1080. The second-order valence-electron chi connectivity index (χ2n) is 8.06. The molecular formula is C26H32N4O3S. The molecule has 2 amide bonds. The zero-order valence-electron chi connectivity index (χ0n) is 19.6. The molecule has 8 heteroatoms. The molecule has 0 aliphatic carbocycles. The zero-order chi connectivity index (χ0) is 24.5. The predicted octanol–water partition coefficient (Wildman–Crippen LogP) is 4.11.